The van der Waals surface area contributed by atoms with E-state index in [-0.39, 0.29) is 0 Å². The Kier molecular flexibility index (Phi) is 5.68. The van der Waals surface area contributed by atoms with Crippen LogP contribution >= 0.6 is 11.6 Å². The Bertz CT molecular complexity index is 773. The zero-order valence-electron chi connectivity index (χ0n) is 13.4. The first-order chi connectivity index (χ1) is 10.9. The van der Waals surface area contributed by atoms with Crippen LogP contribution in [0.4, 0.5) is 5.69 Å². The lowest BCUT2D eigenvalue weighted by molar-refractivity contribution is 0.185. The van der Waals surface area contributed by atoms with Crippen molar-refractivity contribution < 1.29 is 13.2 Å². The van der Waals surface area contributed by atoms with E-state index in [1.165, 1.54) is 10.6 Å². The average molecular weight is 354 g/mol. The van der Waals surface area contributed by atoms with Crippen molar-refractivity contribution in [3.63, 3.8) is 0 Å². The van der Waals surface area contributed by atoms with Gasteiger partial charge in [0, 0.05) is 18.7 Å². The number of anilines is 1. The Morgan fingerprint density at radius 2 is 1.78 bits per heavy atom. The molecule has 0 saturated heterocycles. The summed E-state index contributed by atoms with van der Waals surface area (Å²) in [7, 11) is -1.69. The molecule has 0 saturated carbocycles. The van der Waals surface area contributed by atoms with E-state index in [1.807, 2.05) is 49.4 Å². The molecule has 0 atom stereocenters. The summed E-state index contributed by atoms with van der Waals surface area (Å²) in [6, 6.07) is 13.1. The standard InChI is InChI=1S/C17H20ClNO3S/c1-4-19(23(3,20)21)16-9-10-17(14(11-16)12-22-2)13-5-7-15(18)8-6-13/h5-11H,4,12H2,1-3H3. The molecule has 124 valence electrons. The van der Waals surface area contributed by atoms with Crippen LogP contribution in [0.3, 0.4) is 0 Å². The van der Waals surface area contributed by atoms with Crippen molar-refractivity contribution in [2.45, 2.75) is 13.5 Å². The van der Waals surface area contributed by atoms with Gasteiger partial charge in [-0.2, -0.15) is 0 Å². The normalized spacial score (nSPS) is 11.5. The molecule has 2 rings (SSSR count). The molecule has 0 aliphatic rings. The fourth-order valence-electron chi connectivity index (χ4n) is 2.53. The van der Waals surface area contributed by atoms with Gasteiger partial charge in [-0.1, -0.05) is 29.8 Å². The van der Waals surface area contributed by atoms with Crippen molar-refractivity contribution in [3.8, 4) is 11.1 Å². The van der Waals surface area contributed by atoms with Crippen molar-refractivity contribution in [1.82, 2.24) is 0 Å². The first-order valence-electron chi connectivity index (χ1n) is 7.22. The molecule has 2 aromatic rings. The highest BCUT2D eigenvalue weighted by molar-refractivity contribution is 7.92. The second-order valence-corrected chi connectivity index (χ2v) is 7.55. The lowest BCUT2D eigenvalue weighted by Gasteiger charge is -2.22. The molecule has 0 aromatic heterocycles. The molecule has 0 fully saturated rings. The van der Waals surface area contributed by atoms with Gasteiger partial charge in [-0.25, -0.2) is 8.42 Å². The molecule has 23 heavy (non-hydrogen) atoms. The molecular weight excluding hydrogens is 334 g/mol. The van der Waals surface area contributed by atoms with E-state index in [4.69, 9.17) is 16.3 Å². The Hall–Kier alpha value is -1.56. The summed E-state index contributed by atoms with van der Waals surface area (Å²) < 4.78 is 30.5. The Morgan fingerprint density at radius 1 is 1.13 bits per heavy atom. The maximum absolute atomic E-state index is 11.9. The molecule has 0 aliphatic carbocycles. The van der Waals surface area contributed by atoms with E-state index in [0.717, 1.165) is 16.7 Å². The lowest BCUT2D eigenvalue weighted by Crippen LogP contribution is -2.29. The van der Waals surface area contributed by atoms with Crippen LogP contribution in [0.25, 0.3) is 11.1 Å². The van der Waals surface area contributed by atoms with Crippen LogP contribution in [0.2, 0.25) is 5.02 Å². The van der Waals surface area contributed by atoms with Crippen LogP contribution in [-0.4, -0.2) is 28.3 Å². The SMILES string of the molecule is CCN(c1ccc(-c2ccc(Cl)cc2)c(COC)c1)S(C)(=O)=O. The molecule has 0 bridgehead atoms. The van der Waals surface area contributed by atoms with Crippen molar-refractivity contribution in [1.29, 1.82) is 0 Å². The van der Waals surface area contributed by atoms with Gasteiger partial charge in [0.25, 0.3) is 0 Å². The maximum atomic E-state index is 11.9. The lowest BCUT2D eigenvalue weighted by atomic mass is 9.99. The number of halogens is 1. The smallest absolute Gasteiger partial charge is 0.232 e. The monoisotopic (exact) mass is 353 g/mol. The van der Waals surface area contributed by atoms with Crippen LogP contribution in [0.15, 0.2) is 42.5 Å². The quantitative estimate of drug-likeness (QED) is 0.790. The van der Waals surface area contributed by atoms with Crippen molar-refractivity contribution in [2.75, 3.05) is 24.2 Å². The number of hydrogen-bond donors (Lipinski definition) is 0. The molecule has 0 aliphatic heterocycles. The van der Waals surface area contributed by atoms with E-state index in [0.29, 0.717) is 23.9 Å². The Morgan fingerprint density at radius 3 is 2.30 bits per heavy atom. The van der Waals surface area contributed by atoms with Crippen molar-refractivity contribution in [2.24, 2.45) is 0 Å². The minimum absolute atomic E-state index is 0.381. The second kappa shape index (κ2) is 7.34. The summed E-state index contributed by atoms with van der Waals surface area (Å²) in [5.74, 6) is 0. The minimum atomic E-state index is -3.31. The van der Waals surface area contributed by atoms with Gasteiger partial charge in [0.15, 0.2) is 0 Å². The van der Waals surface area contributed by atoms with Gasteiger partial charge in [0.1, 0.15) is 0 Å². The van der Waals surface area contributed by atoms with Gasteiger partial charge >= 0.3 is 0 Å². The van der Waals surface area contributed by atoms with E-state index in [1.54, 1.807) is 7.11 Å². The minimum Gasteiger partial charge on any atom is -0.380 e. The summed E-state index contributed by atoms with van der Waals surface area (Å²) in [5, 5.41) is 0.674. The van der Waals surface area contributed by atoms with Crippen LogP contribution in [0.1, 0.15) is 12.5 Å². The maximum Gasteiger partial charge on any atom is 0.232 e. The first-order valence-corrected chi connectivity index (χ1v) is 9.45. The van der Waals surface area contributed by atoms with Crippen molar-refractivity contribution >= 4 is 27.3 Å². The molecular formula is C17H20ClNO3S. The molecule has 2 aromatic carbocycles. The second-order valence-electron chi connectivity index (χ2n) is 5.21. The number of hydrogen-bond acceptors (Lipinski definition) is 3. The van der Waals surface area contributed by atoms with Gasteiger partial charge in [-0.3, -0.25) is 4.31 Å². The largest absolute Gasteiger partial charge is 0.380 e. The first kappa shape index (κ1) is 17.8. The molecule has 6 heteroatoms. The summed E-state index contributed by atoms with van der Waals surface area (Å²) in [4.78, 5) is 0. The molecule has 0 unspecified atom stereocenters. The van der Waals surface area contributed by atoms with Gasteiger partial charge in [-0.05, 0) is 47.9 Å². The van der Waals surface area contributed by atoms with Crippen LogP contribution in [-0.2, 0) is 21.4 Å². The highest BCUT2D eigenvalue weighted by Crippen LogP contribution is 2.30. The van der Waals surface area contributed by atoms with Crippen molar-refractivity contribution in [3.05, 3.63) is 53.1 Å². The number of methoxy groups -OCH3 is 1. The predicted molar refractivity (Wildman–Crippen MR) is 95.5 cm³/mol. The molecule has 0 N–H and O–H groups in total. The third-order valence-corrected chi connectivity index (χ3v) is 5.04. The van der Waals surface area contributed by atoms with Crippen LogP contribution in [0.5, 0.6) is 0 Å². The van der Waals surface area contributed by atoms with Crippen LogP contribution in [0, 0.1) is 0 Å². The third kappa shape index (κ3) is 4.25. The zero-order valence-corrected chi connectivity index (χ0v) is 15.0. The van der Waals surface area contributed by atoms with Crippen LogP contribution < -0.4 is 4.31 Å². The predicted octanol–water partition coefficient (Wildman–Crippen LogP) is 3.94. The number of ether oxygens (including phenoxy) is 1. The van der Waals surface area contributed by atoms with Gasteiger partial charge in [0.2, 0.25) is 10.0 Å². The van der Waals surface area contributed by atoms with E-state index in [9.17, 15) is 8.42 Å². The number of rotatable bonds is 6. The van der Waals surface area contributed by atoms with E-state index in [2.05, 4.69) is 0 Å². The third-order valence-electron chi connectivity index (χ3n) is 3.52. The van der Waals surface area contributed by atoms with E-state index >= 15 is 0 Å². The summed E-state index contributed by atoms with van der Waals surface area (Å²) >= 11 is 5.94. The molecule has 0 amide bonds. The molecule has 0 radical (unpaired) electrons. The number of benzene rings is 2. The topological polar surface area (TPSA) is 46.6 Å². The van der Waals surface area contributed by atoms with Gasteiger partial charge in [-0.15, -0.1) is 0 Å². The highest BCUT2D eigenvalue weighted by Gasteiger charge is 2.17. The Labute approximate surface area is 142 Å². The number of sulfonamides is 1. The molecule has 0 spiro atoms. The van der Waals surface area contributed by atoms with E-state index < -0.39 is 10.0 Å². The Balaban J connectivity index is 2.52. The van der Waals surface area contributed by atoms with Gasteiger partial charge in [0.05, 0.1) is 18.6 Å². The number of nitrogens with zero attached hydrogens (tertiary/aromatic N) is 1. The summed E-state index contributed by atoms with van der Waals surface area (Å²) in [6.45, 7) is 2.59. The fraction of sp³-hybridized carbons (Fsp3) is 0.294. The van der Waals surface area contributed by atoms with Gasteiger partial charge < -0.3 is 4.74 Å². The fourth-order valence-corrected chi connectivity index (χ4v) is 3.62. The zero-order chi connectivity index (χ0) is 17.0. The summed E-state index contributed by atoms with van der Waals surface area (Å²) in [5.41, 5.74) is 3.57. The summed E-state index contributed by atoms with van der Waals surface area (Å²) in [6.07, 6.45) is 1.21. The highest BCUT2D eigenvalue weighted by atomic mass is 35.5. The molecule has 4 nitrogen and oxygen atoms in total. The average Bonchev–Trinajstić information content (AvgIpc) is 2.48. The molecule has 0 heterocycles.